The molecular formula is C14H31NSi. The highest BCUT2D eigenvalue weighted by Gasteiger charge is 2.20. The van der Waals surface area contributed by atoms with Crippen molar-refractivity contribution in [1.29, 1.82) is 0 Å². The van der Waals surface area contributed by atoms with Gasteiger partial charge in [-0.15, -0.1) is 6.58 Å². The van der Waals surface area contributed by atoms with E-state index in [1.54, 1.807) is 0 Å². The van der Waals surface area contributed by atoms with Crippen molar-refractivity contribution in [1.82, 2.24) is 4.90 Å². The molecule has 0 atom stereocenters. The van der Waals surface area contributed by atoms with Gasteiger partial charge < -0.3 is 4.90 Å². The van der Waals surface area contributed by atoms with Gasteiger partial charge in [0, 0.05) is 0 Å². The van der Waals surface area contributed by atoms with Crippen LogP contribution in [0.25, 0.3) is 0 Å². The van der Waals surface area contributed by atoms with Gasteiger partial charge in [-0.2, -0.15) is 0 Å². The highest BCUT2D eigenvalue weighted by Crippen LogP contribution is 2.21. The molecule has 0 heterocycles. The number of rotatable bonds is 9. The van der Waals surface area contributed by atoms with E-state index in [1.807, 2.05) is 0 Å². The average Bonchev–Trinajstić information content (AvgIpc) is 2.14. The minimum Gasteiger partial charge on any atom is -0.304 e. The summed E-state index contributed by atoms with van der Waals surface area (Å²) in [6.45, 7) is 19.5. The molecule has 0 rings (SSSR count). The quantitative estimate of drug-likeness (QED) is 0.427. The summed E-state index contributed by atoms with van der Waals surface area (Å²) in [7, 11) is -0.995. The minimum atomic E-state index is -0.995. The third kappa shape index (κ3) is 8.11. The van der Waals surface area contributed by atoms with Crippen molar-refractivity contribution in [3.05, 3.63) is 12.2 Å². The van der Waals surface area contributed by atoms with E-state index >= 15 is 0 Å². The predicted octanol–water partition coefficient (Wildman–Crippen LogP) is 4.39. The first-order chi connectivity index (χ1) is 7.41. The first kappa shape index (κ1) is 15.9. The largest absolute Gasteiger partial charge is 0.304 e. The minimum absolute atomic E-state index is 0.995. The lowest BCUT2D eigenvalue weighted by Crippen LogP contribution is -2.29. The Balaban J connectivity index is 3.81. The molecule has 0 aliphatic carbocycles. The van der Waals surface area contributed by atoms with Gasteiger partial charge in [0.1, 0.15) is 0 Å². The summed E-state index contributed by atoms with van der Waals surface area (Å²) in [4.78, 5) is 2.57. The van der Waals surface area contributed by atoms with Crippen LogP contribution in [0, 0.1) is 0 Å². The van der Waals surface area contributed by atoms with Gasteiger partial charge in [0.2, 0.25) is 0 Å². The van der Waals surface area contributed by atoms with Crippen LogP contribution in [0.2, 0.25) is 25.2 Å². The van der Waals surface area contributed by atoms with Gasteiger partial charge in [-0.25, -0.2) is 0 Å². The van der Waals surface area contributed by atoms with E-state index in [9.17, 15) is 0 Å². The number of nitrogens with zero attached hydrogens (tertiary/aromatic N) is 1. The molecule has 0 radical (unpaired) electrons. The van der Waals surface area contributed by atoms with Gasteiger partial charge >= 0.3 is 0 Å². The van der Waals surface area contributed by atoms with Crippen molar-refractivity contribution in [2.45, 2.75) is 58.8 Å². The van der Waals surface area contributed by atoms with Gasteiger partial charge in [-0.05, 0) is 45.4 Å². The fourth-order valence-electron chi connectivity index (χ4n) is 2.43. The molecule has 0 saturated carbocycles. The summed E-state index contributed by atoms with van der Waals surface area (Å²) in [5, 5.41) is 0. The van der Waals surface area contributed by atoms with Gasteiger partial charge in [-0.3, -0.25) is 0 Å². The summed E-state index contributed by atoms with van der Waals surface area (Å²) >= 11 is 0. The lowest BCUT2D eigenvalue weighted by atomic mass is 10.3. The SMILES string of the molecule is C=C(C)C[Si](C)(C)CCCN(CC)CCC. The smallest absolute Gasteiger partial charge is 0.0514 e. The van der Waals surface area contributed by atoms with Crippen LogP contribution in [0.3, 0.4) is 0 Å². The third-order valence-corrected chi connectivity index (χ3v) is 6.36. The molecule has 2 heteroatoms. The zero-order valence-corrected chi connectivity index (χ0v) is 13.1. The molecule has 0 bridgehead atoms. The normalized spacial score (nSPS) is 12.1. The van der Waals surface area contributed by atoms with E-state index in [2.05, 4.69) is 45.3 Å². The number of hydrogen-bond acceptors (Lipinski definition) is 1. The Labute approximate surface area is 104 Å². The van der Waals surface area contributed by atoms with Crippen LogP contribution in [0.4, 0.5) is 0 Å². The molecule has 0 spiro atoms. The van der Waals surface area contributed by atoms with E-state index in [-0.39, 0.29) is 0 Å². The van der Waals surface area contributed by atoms with Crippen LogP contribution >= 0.6 is 0 Å². The Morgan fingerprint density at radius 2 is 1.81 bits per heavy atom. The molecule has 1 nitrogen and oxygen atoms in total. The summed E-state index contributed by atoms with van der Waals surface area (Å²) in [6.07, 6.45) is 2.65. The van der Waals surface area contributed by atoms with E-state index in [0.717, 1.165) is 0 Å². The molecule has 96 valence electrons. The Hall–Kier alpha value is -0.0831. The monoisotopic (exact) mass is 241 g/mol. The Morgan fingerprint density at radius 3 is 2.25 bits per heavy atom. The van der Waals surface area contributed by atoms with Gasteiger partial charge in [0.15, 0.2) is 0 Å². The van der Waals surface area contributed by atoms with E-state index in [0.29, 0.717) is 0 Å². The Kier molecular flexibility index (Phi) is 8.03. The summed E-state index contributed by atoms with van der Waals surface area (Å²) in [5.74, 6) is 0. The summed E-state index contributed by atoms with van der Waals surface area (Å²) in [5.41, 5.74) is 1.37. The van der Waals surface area contributed by atoms with Crippen LogP contribution in [-0.2, 0) is 0 Å². The van der Waals surface area contributed by atoms with Crippen molar-refractivity contribution in [2.24, 2.45) is 0 Å². The average molecular weight is 241 g/mol. The van der Waals surface area contributed by atoms with E-state index < -0.39 is 8.07 Å². The van der Waals surface area contributed by atoms with Crippen molar-refractivity contribution in [3.8, 4) is 0 Å². The van der Waals surface area contributed by atoms with E-state index in [1.165, 1.54) is 50.1 Å². The molecule has 0 unspecified atom stereocenters. The van der Waals surface area contributed by atoms with Crippen LogP contribution in [0.5, 0.6) is 0 Å². The number of allylic oxidation sites excluding steroid dienone is 1. The first-order valence-electron chi connectivity index (χ1n) is 6.78. The zero-order valence-electron chi connectivity index (χ0n) is 12.1. The maximum absolute atomic E-state index is 4.05. The van der Waals surface area contributed by atoms with Gasteiger partial charge in [0.25, 0.3) is 0 Å². The van der Waals surface area contributed by atoms with Crippen molar-refractivity contribution < 1.29 is 0 Å². The Morgan fingerprint density at radius 1 is 1.19 bits per heavy atom. The highest BCUT2D eigenvalue weighted by atomic mass is 28.3. The molecule has 0 aromatic rings. The lowest BCUT2D eigenvalue weighted by Gasteiger charge is -2.25. The molecule has 0 saturated heterocycles. The summed E-state index contributed by atoms with van der Waals surface area (Å²) in [6, 6.07) is 2.74. The third-order valence-electron chi connectivity index (χ3n) is 3.10. The molecule has 0 N–H and O–H groups in total. The fourth-order valence-corrected chi connectivity index (χ4v) is 5.36. The van der Waals surface area contributed by atoms with Gasteiger partial charge in [-0.1, -0.05) is 38.6 Å². The highest BCUT2D eigenvalue weighted by molar-refractivity contribution is 6.77. The molecule has 16 heavy (non-hydrogen) atoms. The maximum atomic E-state index is 4.05. The molecule has 0 fully saturated rings. The lowest BCUT2D eigenvalue weighted by molar-refractivity contribution is 0.289. The standard InChI is InChI=1S/C14H31NSi/c1-7-10-15(8-2)11-9-12-16(5,6)13-14(3)4/h3,7-13H2,1-2,4-6H3. The maximum Gasteiger partial charge on any atom is 0.0514 e. The van der Waals surface area contributed by atoms with Crippen LogP contribution < -0.4 is 0 Å². The molecule has 0 amide bonds. The van der Waals surface area contributed by atoms with Crippen molar-refractivity contribution in [2.75, 3.05) is 19.6 Å². The van der Waals surface area contributed by atoms with Crippen molar-refractivity contribution >= 4 is 8.07 Å². The second-order valence-electron chi connectivity index (χ2n) is 5.84. The van der Waals surface area contributed by atoms with Crippen molar-refractivity contribution in [3.63, 3.8) is 0 Å². The second kappa shape index (κ2) is 8.07. The van der Waals surface area contributed by atoms with Crippen LogP contribution in [0.15, 0.2) is 12.2 Å². The number of hydrogen-bond donors (Lipinski definition) is 0. The summed E-state index contributed by atoms with van der Waals surface area (Å²) < 4.78 is 0. The fraction of sp³-hybridized carbons (Fsp3) is 0.857. The molecular weight excluding hydrogens is 210 g/mol. The molecule has 0 aromatic heterocycles. The topological polar surface area (TPSA) is 3.24 Å². The predicted molar refractivity (Wildman–Crippen MR) is 78.9 cm³/mol. The van der Waals surface area contributed by atoms with E-state index in [4.69, 9.17) is 0 Å². The second-order valence-corrected chi connectivity index (χ2v) is 11.0. The van der Waals surface area contributed by atoms with Crippen LogP contribution in [0.1, 0.15) is 33.6 Å². The molecule has 0 aliphatic rings. The first-order valence-corrected chi connectivity index (χ1v) is 10.2. The van der Waals surface area contributed by atoms with Gasteiger partial charge in [0.05, 0.1) is 8.07 Å². The van der Waals surface area contributed by atoms with Crippen LogP contribution in [-0.4, -0.2) is 32.6 Å². The zero-order chi connectivity index (χ0) is 12.6. The Bertz CT molecular complexity index is 199. The molecule has 0 aliphatic heterocycles. The molecule has 0 aromatic carbocycles.